The summed E-state index contributed by atoms with van der Waals surface area (Å²) < 4.78 is 5.53. The number of hydrogen-bond acceptors (Lipinski definition) is 5. The highest BCUT2D eigenvalue weighted by atomic mass is 16.5. The van der Waals surface area contributed by atoms with E-state index in [1.165, 1.54) is 0 Å². The molecule has 0 bridgehead atoms. The van der Waals surface area contributed by atoms with Gasteiger partial charge in [-0.15, -0.1) is 0 Å². The molecule has 2 N–H and O–H groups in total. The maximum absolute atomic E-state index is 12.4. The van der Waals surface area contributed by atoms with Crippen LogP contribution in [0.4, 0.5) is 0 Å². The standard InChI is InChI=1S/C15H22N4O2/c1-9-14(16-5-6-21-9)15(20)19-12-3-4-13-11(7-12)8-17-10(2)18-13/h8-9,12,14,16H,3-7H2,1-2H3,(H,19,20)/t9-,12?,14+/m1/s1. The van der Waals surface area contributed by atoms with Crippen molar-refractivity contribution >= 4 is 5.91 Å². The van der Waals surface area contributed by atoms with E-state index in [1.54, 1.807) is 0 Å². The van der Waals surface area contributed by atoms with Gasteiger partial charge in [0.2, 0.25) is 5.91 Å². The predicted octanol–water partition coefficient (Wildman–Crippen LogP) is 0.135. The molecule has 1 aliphatic carbocycles. The first-order valence-corrected chi connectivity index (χ1v) is 7.60. The molecule has 0 spiro atoms. The zero-order valence-corrected chi connectivity index (χ0v) is 12.6. The van der Waals surface area contributed by atoms with E-state index >= 15 is 0 Å². The van der Waals surface area contributed by atoms with Crippen molar-refractivity contribution in [2.24, 2.45) is 0 Å². The second-order valence-electron chi connectivity index (χ2n) is 5.85. The molecule has 0 radical (unpaired) electrons. The topological polar surface area (TPSA) is 76.1 Å². The van der Waals surface area contributed by atoms with Crippen LogP contribution in [0.2, 0.25) is 0 Å². The van der Waals surface area contributed by atoms with E-state index in [0.29, 0.717) is 6.61 Å². The number of rotatable bonds is 2. The third-order valence-electron chi connectivity index (χ3n) is 4.22. The normalized spacial score (nSPS) is 28.8. The first kappa shape index (κ1) is 14.4. The van der Waals surface area contributed by atoms with Crippen LogP contribution in [0.25, 0.3) is 0 Å². The second kappa shape index (κ2) is 6.07. The Morgan fingerprint density at radius 1 is 1.52 bits per heavy atom. The molecule has 2 heterocycles. The fourth-order valence-electron chi connectivity index (χ4n) is 3.05. The van der Waals surface area contributed by atoms with Gasteiger partial charge in [0, 0.05) is 24.5 Å². The van der Waals surface area contributed by atoms with Gasteiger partial charge in [0.1, 0.15) is 11.9 Å². The third kappa shape index (κ3) is 3.22. The molecule has 1 fully saturated rings. The summed E-state index contributed by atoms with van der Waals surface area (Å²) in [5.74, 6) is 0.845. The summed E-state index contributed by atoms with van der Waals surface area (Å²) in [5.41, 5.74) is 2.28. The summed E-state index contributed by atoms with van der Waals surface area (Å²) in [7, 11) is 0. The molecule has 3 rings (SSSR count). The number of ether oxygens (including phenoxy) is 1. The number of morpholine rings is 1. The fourth-order valence-corrected chi connectivity index (χ4v) is 3.05. The molecule has 1 saturated heterocycles. The quantitative estimate of drug-likeness (QED) is 0.810. The molecule has 6 nitrogen and oxygen atoms in total. The monoisotopic (exact) mass is 290 g/mol. The number of aryl methyl sites for hydroxylation is 2. The van der Waals surface area contributed by atoms with Crippen molar-refractivity contribution in [3.05, 3.63) is 23.3 Å². The van der Waals surface area contributed by atoms with Gasteiger partial charge in [-0.05, 0) is 38.7 Å². The van der Waals surface area contributed by atoms with Crippen molar-refractivity contribution in [2.75, 3.05) is 13.2 Å². The Balaban J connectivity index is 1.61. The van der Waals surface area contributed by atoms with Gasteiger partial charge in [0.15, 0.2) is 0 Å². The van der Waals surface area contributed by atoms with Crippen molar-refractivity contribution in [1.82, 2.24) is 20.6 Å². The summed E-state index contributed by atoms with van der Waals surface area (Å²) >= 11 is 0. The number of hydrogen-bond donors (Lipinski definition) is 2. The molecule has 114 valence electrons. The Kier molecular flexibility index (Phi) is 4.17. The number of nitrogens with zero attached hydrogens (tertiary/aromatic N) is 2. The van der Waals surface area contributed by atoms with Crippen LogP contribution in [0.1, 0.15) is 30.4 Å². The second-order valence-corrected chi connectivity index (χ2v) is 5.85. The molecule has 0 aromatic carbocycles. The SMILES string of the molecule is Cc1ncc2c(n1)CCC(NC(=O)[C@H]1NCCO[C@@H]1C)C2. The lowest BCUT2D eigenvalue weighted by Crippen LogP contribution is -2.57. The fraction of sp³-hybridized carbons (Fsp3) is 0.667. The van der Waals surface area contributed by atoms with Gasteiger partial charge in [-0.3, -0.25) is 4.79 Å². The van der Waals surface area contributed by atoms with Gasteiger partial charge in [-0.2, -0.15) is 0 Å². The average molecular weight is 290 g/mol. The first-order chi connectivity index (χ1) is 10.1. The van der Waals surface area contributed by atoms with Gasteiger partial charge in [-0.1, -0.05) is 0 Å². The van der Waals surface area contributed by atoms with Crippen molar-refractivity contribution < 1.29 is 9.53 Å². The smallest absolute Gasteiger partial charge is 0.240 e. The third-order valence-corrected chi connectivity index (χ3v) is 4.22. The lowest BCUT2D eigenvalue weighted by atomic mass is 9.92. The van der Waals surface area contributed by atoms with Crippen LogP contribution < -0.4 is 10.6 Å². The molecular formula is C15H22N4O2. The first-order valence-electron chi connectivity index (χ1n) is 7.60. The summed E-state index contributed by atoms with van der Waals surface area (Å²) in [6, 6.07) is -0.0957. The largest absolute Gasteiger partial charge is 0.375 e. The van der Waals surface area contributed by atoms with E-state index in [4.69, 9.17) is 4.74 Å². The minimum atomic E-state index is -0.255. The summed E-state index contributed by atoms with van der Waals surface area (Å²) in [5, 5.41) is 6.36. The molecule has 21 heavy (non-hydrogen) atoms. The number of aromatic nitrogens is 2. The minimum absolute atomic E-state index is 0.0312. The zero-order chi connectivity index (χ0) is 14.8. The molecule has 0 saturated carbocycles. The van der Waals surface area contributed by atoms with E-state index in [-0.39, 0.29) is 24.1 Å². The number of carbonyl (C=O) groups is 1. The van der Waals surface area contributed by atoms with Crippen molar-refractivity contribution in [3.8, 4) is 0 Å². The van der Waals surface area contributed by atoms with Crippen LogP contribution in [0, 0.1) is 6.92 Å². The Hall–Kier alpha value is -1.53. The Morgan fingerprint density at radius 2 is 2.38 bits per heavy atom. The summed E-state index contributed by atoms with van der Waals surface area (Å²) in [6.45, 7) is 5.23. The molecule has 1 amide bonds. The van der Waals surface area contributed by atoms with Gasteiger partial charge < -0.3 is 15.4 Å². The maximum atomic E-state index is 12.4. The molecule has 1 aromatic rings. The van der Waals surface area contributed by atoms with Crippen LogP contribution in [0.5, 0.6) is 0 Å². The average Bonchev–Trinajstić information content (AvgIpc) is 2.48. The minimum Gasteiger partial charge on any atom is -0.375 e. The molecule has 2 aliphatic rings. The van der Waals surface area contributed by atoms with E-state index in [2.05, 4.69) is 20.6 Å². The Bertz CT molecular complexity index is 534. The van der Waals surface area contributed by atoms with Crippen molar-refractivity contribution in [1.29, 1.82) is 0 Å². The van der Waals surface area contributed by atoms with Crippen LogP contribution in [0.3, 0.4) is 0 Å². The van der Waals surface area contributed by atoms with Crippen molar-refractivity contribution in [2.45, 2.75) is 51.3 Å². The van der Waals surface area contributed by atoms with Crippen LogP contribution in [-0.4, -0.2) is 47.2 Å². The van der Waals surface area contributed by atoms with Gasteiger partial charge in [0.05, 0.1) is 12.7 Å². The van der Waals surface area contributed by atoms with Crippen LogP contribution >= 0.6 is 0 Å². The molecule has 1 aliphatic heterocycles. The highest BCUT2D eigenvalue weighted by molar-refractivity contribution is 5.82. The molecule has 1 aromatic heterocycles. The molecule has 1 unspecified atom stereocenters. The highest BCUT2D eigenvalue weighted by Gasteiger charge is 2.30. The van der Waals surface area contributed by atoms with E-state index in [0.717, 1.165) is 42.9 Å². The Labute approximate surface area is 124 Å². The van der Waals surface area contributed by atoms with Gasteiger partial charge in [0.25, 0.3) is 0 Å². The van der Waals surface area contributed by atoms with Crippen LogP contribution in [0.15, 0.2) is 6.20 Å². The summed E-state index contributed by atoms with van der Waals surface area (Å²) in [6.07, 6.45) is 4.44. The number of carbonyl (C=O) groups excluding carboxylic acids is 1. The molecular weight excluding hydrogens is 268 g/mol. The Morgan fingerprint density at radius 3 is 3.19 bits per heavy atom. The maximum Gasteiger partial charge on any atom is 0.240 e. The molecule has 6 heteroatoms. The molecule has 3 atom stereocenters. The lowest BCUT2D eigenvalue weighted by Gasteiger charge is -2.32. The number of nitrogens with one attached hydrogen (secondary N) is 2. The predicted molar refractivity (Wildman–Crippen MR) is 77.9 cm³/mol. The number of fused-ring (bicyclic) bond motifs is 1. The summed E-state index contributed by atoms with van der Waals surface area (Å²) in [4.78, 5) is 21.1. The van der Waals surface area contributed by atoms with E-state index in [9.17, 15) is 4.79 Å². The van der Waals surface area contributed by atoms with E-state index < -0.39 is 0 Å². The van der Waals surface area contributed by atoms with Crippen molar-refractivity contribution in [3.63, 3.8) is 0 Å². The van der Waals surface area contributed by atoms with E-state index in [1.807, 2.05) is 20.0 Å². The van der Waals surface area contributed by atoms with Crippen LogP contribution in [-0.2, 0) is 22.4 Å². The van der Waals surface area contributed by atoms with Gasteiger partial charge in [-0.25, -0.2) is 9.97 Å². The zero-order valence-electron chi connectivity index (χ0n) is 12.6. The highest BCUT2D eigenvalue weighted by Crippen LogP contribution is 2.19. The number of amides is 1. The van der Waals surface area contributed by atoms with Gasteiger partial charge >= 0.3 is 0 Å². The lowest BCUT2D eigenvalue weighted by molar-refractivity contribution is -0.129.